The van der Waals surface area contributed by atoms with E-state index in [0.29, 0.717) is 16.6 Å². The molecule has 1 fully saturated rings. The normalized spacial score (nSPS) is 17.5. The van der Waals surface area contributed by atoms with Crippen LogP contribution in [-0.2, 0) is 20.4 Å². The molecule has 0 bridgehead atoms. The topological polar surface area (TPSA) is 26.3 Å². The first kappa shape index (κ1) is 11.3. The van der Waals surface area contributed by atoms with Gasteiger partial charge in [0, 0.05) is 0 Å². The van der Waals surface area contributed by atoms with Crippen molar-refractivity contribution in [1.82, 2.24) is 0 Å². The number of esters is 1. The summed E-state index contributed by atoms with van der Waals surface area (Å²) in [5, 5.41) is 0. The van der Waals surface area contributed by atoms with E-state index in [2.05, 4.69) is 4.74 Å². The van der Waals surface area contributed by atoms with Gasteiger partial charge in [0.1, 0.15) is 11.5 Å². The zero-order valence-electron chi connectivity index (χ0n) is 6.64. The van der Waals surface area contributed by atoms with E-state index in [1.54, 1.807) is 0 Å². The molecule has 0 unspecified atom stereocenters. The highest BCUT2D eigenvalue weighted by molar-refractivity contribution is 7.97. The van der Waals surface area contributed by atoms with Crippen LogP contribution in [-0.4, -0.2) is 30.3 Å². The van der Waals surface area contributed by atoms with Crippen molar-refractivity contribution in [3.63, 3.8) is 0 Å². The van der Waals surface area contributed by atoms with E-state index in [-0.39, 0.29) is 23.0 Å². The first-order valence-corrected chi connectivity index (χ1v) is 5.27. The fourth-order valence-corrected chi connectivity index (χ4v) is 3.25. The zero-order chi connectivity index (χ0) is 7.40. The van der Waals surface area contributed by atoms with Crippen molar-refractivity contribution >= 4 is 16.9 Å². The number of hydrogen-bond donors (Lipinski definition) is 0. The summed E-state index contributed by atoms with van der Waals surface area (Å²) in [6.45, 7) is 0. The lowest BCUT2D eigenvalue weighted by Crippen LogP contribution is -3.00. The Balaban J connectivity index is 0.000001000. The first-order chi connectivity index (χ1) is 4.83. The highest BCUT2D eigenvalue weighted by Crippen LogP contribution is 2.13. The van der Waals surface area contributed by atoms with Crippen molar-refractivity contribution in [3.05, 3.63) is 0 Å². The summed E-state index contributed by atoms with van der Waals surface area (Å²) < 4.78 is 4.58. The van der Waals surface area contributed by atoms with E-state index >= 15 is 0 Å². The molecule has 1 aliphatic heterocycles. The van der Waals surface area contributed by atoms with Gasteiger partial charge in [0.15, 0.2) is 0 Å². The molecule has 0 radical (unpaired) electrons. The summed E-state index contributed by atoms with van der Waals surface area (Å²) in [7, 11) is 1.83. The van der Waals surface area contributed by atoms with Gasteiger partial charge in [-0.25, -0.2) is 4.79 Å². The van der Waals surface area contributed by atoms with Gasteiger partial charge in [-0.15, -0.1) is 0 Å². The number of halogens is 1. The molecule has 1 aliphatic rings. The molecule has 0 aliphatic carbocycles. The molecular formula is C7H13BrO2S. The van der Waals surface area contributed by atoms with Crippen LogP contribution < -0.4 is 17.0 Å². The number of carbonyl (C=O) groups is 1. The lowest BCUT2D eigenvalue weighted by Gasteiger charge is -1.97. The fraction of sp³-hybridized carbons (Fsp3) is 0.857. The van der Waals surface area contributed by atoms with Crippen molar-refractivity contribution in [2.24, 2.45) is 0 Å². The van der Waals surface area contributed by atoms with Gasteiger partial charge in [-0.3, -0.25) is 0 Å². The fourth-order valence-electron chi connectivity index (χ4n) is 1.08. The molecule has 1 saturated heterocycles. The molecule has 0 atom stereocenters. The zero-order valence-corrected chi connectivity index (χ0v) is 9.04. The van der Waals surface area contributed by atoms with Crippen LogP contribution in [0.25, 0.3) is 0 Å². The Morgan fingerprint density at radius 3 is 2.45 bits per heavy atom. The van der Waals surface area contributed by atoms with Gasteiger partial charge in [0.05, 0.1) is 7.11 Å². The molecule has 66 valence electrons. The number of methoxy groups -OCH3 is 1. The molecule has 0 N–H and O–H groups in total. The minimum Gasteiger partial charge on any atom is -1.00 e. The molecule has 0 amide bonds. The Labute approximate surface area is 80.8 Å². The van der Waals surface area contributed by atoms with Crippen LogP contribution in [0.1, 0.15) is 12.8 Å². The SMILES string of the molecule is COC(=O)C[S+]1CCCC1.[Br-]. The van der Waals surface area contributed by atoms with Crippen LogP contribution in [0.5, 0.6) is 0 Å². The van der Waals surface area contributed by atoms with Crippen LogP contribution in [0.4, 0.5) is 0 Å². The van der Waals surface area contributed by atoms with E-state index in [1.165, 1.54) is 31.5 Å². The van der Waals surface area contributed by atoms with Crippen molar-refractivity contribution in [1.29, 1.82) is 0 Å². The minimum absolute atomic E-state index is 0. The number of ether oxygens (including phenoxy) is 1. The summed E-state index contributed by atoms with van der Waals surface area (Å²) in [5.41, 5.74) is 0. The van der Waals surface area contributed by atoms with Crippen LogP contribution in [0.3, 0.4) is 0 Å². The van der Waals surface area contributed by atoms with Gasteiger partial charge in [0.25, 0.3) is 0 Å². The number of hydrogen-bond acceptors (Lipinski definition) is 2. The van der Waals surface area contributed by atoms with Crippen LogP contribution in [0, 0.1) is 0 Å². The largest absolute Gasteiger partial charge is 1.00 e. The standard InChI is InChI=1S/C7H13O2S.BrH/c1-9-7(8)6-10-4-2-3-5-10;/h2-6H2,1H3;1H/q+1;/p-1. The molecule has 1 heterocycles. The molecule has 2 nitrogen and oxygen atoms in total. The Morgan fingerprint density at radius 1 is 1.45 bits per heavy atom. The van der Waals surface area contributed by atoms with Crippen LogP contribution >= 0.6 is 0 Å². The Kier molecular flexibility index (Phi) is 6.05. The van der Waals surface area contributed by atoms with Crippen LogP contribution in [0.2, 0.25) is 0 Å². The Morgan fingerprint density at radius 2 is 2.00 bits per heavy atom. The van der Waals surface area contributed by atoms with E-state index < -0.39 is 0 Å². The second kappa shape index (κ2) is 5.89. The van der Waals surface area contributed by atoms with Crippen LogP contribution in [0.15, 0.2) is 0 Å². The number of carbonyl (C=O) groups excluding carboxylic acids is 1. The highest BCUT2D eigenvalue weighted by atomic mass is 79.9. The molecule has 11 heavy (non-hydrogen) atoms. The smallest absolute Gasteiger partial charge is 0.355 e. The molecule has 0 spiro atoms. The molecule has 0 aromatic heterocycles. The minimum atomic E-state index is -0.0368. The molecule has 0 saturated carbocycles. The molecular weight excluding hydrogens is 228 g/mol. The summed E-state index contributed by atoms with van der Waals surface area (Å²) in [6, 6.07) is 0. The second-order valence-corrected chi connectivity index (χ2v) is 4.78. The lowest BCUT2D eigenvalue weighted by atomic mass is 10.4. The first-order valence-electron chi connectivity index (χ1n) is 3.54. The van der Waals surface area contributed by atoms with Gasteiger partial charge in [0.2, 0.25) is 5.75 Å². The third-order valence-electron chi connectivity index (χ3n) is 1.67. The van der Waals surface area contributed by atoms with Crippen molar-refractivity contribution in [2.45, 2.75) is 12.8 Å². The van der Waals surface area contributed by atoms with Gasteiger partial charge in [-0.1, -0.05) is 0 Å². The molecule has 0 aromatic carbocycles. The molecule has 4 heteroatoms. The van der Waals surface area contributed by atoms with Gasteiger partial charge in [-0.2, -0.15) is 0 Å². The summed E-state index contributed by atoms with van der Waals surface area (Å²) in [4.78, 5) is 10.8. The lowest BCUT2D eigenvalue weighted by molar-refractivity contribution is -0.137. The average molecular weight is 241 g/mol. The maximum atomic E-state index is 10.8. The second-order valence-electron chi connectivity index (χ2n) is 2.45. The van der Waals surface area contributed by atoms with E-state index in [9.17, 15) is 4.79 Å². The van der Waals surface area contributed by atoms with Gasteiger partial charge >= 0.3 is 5.97 Å². The summed E-state index contributed by atoms with van der Waals surface area (Å²) >= 11 is 0. The summed E-state index contributed by atoms with van der Waals surface area (Å²) in [6.07, 6.45) is 2.61. The molecule has 0 aromatic rings. The number of rotatable bonds is 2. The van der Waals surface area contributed by atoms with Gasteiger partial charge < -0.3 is 21.7 Å². The Hall–Kier alpha value is 0.300. The maximum Gasteiger partial charge on any atom is 0.355 e. The van der Waals surface area contributed by atoms with E-state index in [1.807, 2.05) is 0 Å². The Bertz CT molecular complexity index is 124. The predicted molar refractivity (Wildman–Crippen MR) is 43.2 cm³/mol. The highest BCUT2D eigenvalue weighted by Gasteiger charge is 2.26. The molecule has 1 rings (SSSR count). The van der Waals surface area contributed by atoms with Gasteiger partial charge in [-0.05, 0) is 23.7 Å². The third kappa shape index (κ3) is 4.01. The third-order valence-corrected chi connectivity index (χ3v) is 4.04. The van der Waals surface area contributed by atoms with E-state index in [0.717, 1.165) is 0 Å². The van der Waals surface area contributed by atoms with Crippen molar-refractivity contribution < 1.29 is 26.5 Å². The van der Waals surface area contributed by atoms with Crippen molar-refractivity contribution in [3.8, 4) is 0 Å². The van der Waals surface area contributed by atoms with Crippen molar-refractivity contribution in [2.75, 3.05) is 24.4 Å². The monoisotopic (exact) mass is 240 g/mol. The predicted octanol–water partition coefficient (Wildman–Crippen LogP) is -2.42. The quantitative estimate of drug-likeness (QED) is 0.397. The maximum absolute atomic E-state index is 10.8. The summed E-state index contributed by atoms with van der Waals surface area (Å²) in [5.74, 6) is 3.12. The van der Waals surface area contributed by atoms with E-state index in [4.69, 9.17) is 0 Å². The average Bonchev–Trinajstić information content (AvgIpc) is 2.40.